The van der Waals surface area contributed by atoms with Crippen LogP contribution in [0, 0.1) is 0 Å². The van der Waals surface area contributed by atoms with E-state index in [1.54, 1.807) is 0 Å². The van der Waals surface area contributed by atoms with Crippen molar-refractivity contribution in [2.24, 2.45) is 4.99 Å². The predicted molar refractivity (Wildman–Crippen MR) is 100 cm³/mol. The van der Waals surface area contributed by atoms with E-state index in [2.05, 4.69) is 41.4 Å². The molecule has 1 aromatic heterocycles. The normalized spacial score (nSPS) is 17.0. The highest BCUT2D eigenvalue weighted by Crippen LogP contribution is 2.30. The summed E-state index contributed by atoms with van der Waals surface area (Å²) in [5, 5.41) is 1.19. The summed E-state index contributed by atoms with van der Waals surface area (Å²) < 4.78 is 0. The highest BCUT2D eigenvalue weighted by Gasteiger charge is 2.24. The number of aromatic nitrogens is 1. The summed E-state index contributed by atoms with van der Waals surface area (Å²) in [6.45, 7) is 1.52. The summed E-state index contributed by atoms with van der Waals surface area (Å²) in [5.74, 6) is 0.230. The molecule has 1 fully saturated rings. The summed E-state index contributed by atoms with van der Waals surface area (Å²) in [6.07, 6.45) is 2.73. The lowest BCUT2D eigenvalue weighted by Crippen LogP contribution is -2.35. The molecule has 1 saturated heterocycles. The number of carbonyl (C=O) groups excluding carboxylic acids is 1. The summed E-state index contributed by atoms with van der Waals surface area (Å²) >= 11 is 0. The van der Waals surface area contributed by atoms with E-state index in [0.717, 1.165) is 47.6 Å². The number of hydrogen-bond acceptors (Lipinski definition) is 2. The number of carbonyl (C=O) groups is 1. The van der Waals surface area contributed by atoms with Gasteiger partial charge in [0.1, 0.15) is 0 Å². The summed E-state index contributed by atoms with van der Waals surface area (Å²) in [5.41, 5.74) is 6.52. The van der Waals surface area contributed by atoms with Gasteiger partial charge in [0.15, 0.2) is 0 Å². The molecule has 2 aromatic carbocycles. The van der Waals surface area contributed by atoms with Crippen LogP contribution in [0.1, 0.15) is 36.1 Å². The zero-order valence-corrected chi connectivity index (χ0v) is 14.0. The van der Waals surface area contributed by atoms with Crippen molar-refractivity contribution in [2.45, 2.75) is 25.8 Å². The van der Waals surface area contributed by atoms with Gasteiger partial charge >= 0.3 is 0 Å². The first-order chi connectivity index (χ1) is 12.3. The van der Waals surface area contributed by atoms with E-state index in [0.29, 0.717) is 13.0 Å². The number of H-pyrrole nitrogens is 1. The smallest absolute Gasteiger partial charge is 0.226 e. The number of anilines is 1. The molecular weight excluding hydrogens is 310 g/mol. The van der Waals surface area contributed by atoms with Crippen LogP contribution in [-0.2, 0) is 11.3 Å². The molecule has 5 rings (SSSR count). The van der Waals surface area contributed by atoms with Crippen LogP contribution in [0.4, 0.5) is 5.69 Å². The lowest BCUT2D eigenvalue weighted by Gasteiger charge is -2.27. The summed E-state index contributed by atoms with van der Waals surface area (Å²) in [6, 6.07) is 16.7. The average molecular weight is 329 g/mol. The van der Waals surface area contributed by atoms with Crippen LogP contribution in [0.5, 0.6) is 0 Å². The van der Waals surface area contributed by atoms with E-state index in [-0.39, 0.29) is 5.91 Å². The van der Waals surface area contributed by atoms with Gasteiger partial charge in [0, 0.05) is 35.1 Å². The Morgan fingerprint density at radius 3 is 2.84 bits per heavy atom. The zero-order chi connectivity index (χ0) is 16.8. The van der Waals surface area contributed by atoms with E-state index in [1.165, 1.54) is 10.9 Å². The molecule has 4 heteroatoms. The van der Waals surface area contributed by atoms with Crippen molar-refractivity contribution < 1.29 is 4.79 Å². The number of nitrogens with zero attached hydrogens (tertiary/aromatic N) is 2. The quantitative estimate of drug-likeness (QED) is 0.758. The Labute approximate surface area is 146 Å². The highest BCUT2D eigenvalue weighted by molar-refractivity contribution is 6.16. The van der Waals surface area contributed by atoms with E-state index in [4.69, 9.17) is 4.99 Å². The van der Waals surface area contributed by atoms with Gasteiger partial charge in [0.05, 0.1) is 18.0 Å². The molecule has 0 radical (unpaired) electrons. The number of benzene rings is 2. The molecule has 25 heavy (non-hydrogen) atoms. The van der Waals surface area contributed by atoms with Crippen LogP contribution in [0.15, 0.2) is 53.5 Å². The number of rotatable bonds is 2. The van der Waals surface area contributed by atoms with Gasteiger partial charge in [0.25, 0.3) is 0 Å². The minimum Gasteiger partial charge on any atom is -0.353 e. The average Bonchev–Trinajstić information content (AvgIpc) is 3.25. The van der Waals surface area contributed by atoms with Crippen LogP contribution in [-0.4, -0.2) is 23.1 Å². The molecule has 0 aliphatic carbocycles. The van der Waals surface area contributed by atoms with Crippen molar-refractivity contribution >= 4 is 28.2 Å². The van der Waals surface area contributed by atoms with Crippen molar-refractivity contribution in [1.82, 2.24) is 4.98 Å². The molecule has 3 aromatic rings. The number of fused-ring (bicyclic) bond motifs is 2. The maximum atomic E-state index is 12.3. The zero-order valence-electron chi connectivity index (χ0n) is 14.0. The number of aliphatic imine (C=N–C) groups is 1. The Morgan fingerprint density at radius 2 is 1.96 bits per heavy atom. The van der Waals surface area contributed by atoms with Crippen LogP contribution in [0.25, 0.3) is 10.9 Å². The molecule has 124 valence electrons. The van der Waals surface area contributed by atoms with Gasteiger partial charge in [-0.15, -0.1) is 0 Å². The number of amides is 1. The lowest BCUT2D eigenvalue weighted by atomic mass is 10.0. The Balaban J connectivity index is 1.56. The maximum absolute atomic E-state index is 12.3. The number of hydrogen-bond donors (Lipinski definition) is 1. The SMILES string of the molecule is O=C1CCCCN1c1ccc2c(c1)C(c1cc3ccccc3[nH]1)=NC2. The molecule has 3 heterocycles. The van der Waals surface area contributed by atoms with E-state index < -0.39 is 0 Å². The molecule has 4 nitrogen and oxygen atoms in total. The first-order valence-corrected chi connectivity index (χ1v) is 8.86. The summed E-state index contributed by atoms with van der Waals surface area (Å²) in [4.78, 5) is 22.4. The highest BCUT2D eigenvalue weighted by atomic mass is 16.2. The minimum absolute atomic E-state index is 0.230. The minimum atomic E-state index is 0.230. The van der Waals surface area contributed by atoms with Crippen LogP contribution < -0.4 is 4.90 Å². The second-order valence-electron chi connectivity index (χ2n) is 6.78. The largest absolute Gasteiger partial charge is 0.353 e. The molecule has 2 aliphatic rings. The van der Waals surface area contributed by atoms with E-state index in [1.807, 2.05) is 17.0 Å². The molecule has 0 unspecified atom stereocenters. The van der Waals surface area contributed by atoms with Gasteiger partial charge in [-0.3, -0.25) is 9.79 Å². The molecule has 1 N–H and O–H groups in total. The topological polar surface area (TPSA) is 48.5 Å². The van der Waals surface area contributed by atoms with Gasteiger partial charge in [-0.05, 0) is 42.7 Å². The molecule has 0 bridgehead atoms. The third-order valence-corrected chi connectivity index (χ3v) is 5.18. The van der Waals surface area contributed by atoms with Crippen LogP contribution >= 0.6 is 0 Å². The number of para-hydroxylation sites is 1. The van der Waals surface area contributed by atoms with Crippen molar-refractivity contribution in [3.8, 4) is 0 Å². The van der Waals surface area contributed by atoms with Crippen molar-refractivity contribution in [3.63, 3.8) is 0 Å². The Hall–Kier alpha value is -2.88. The second-order valence-corrected chi connectivity index (χ2v) is 6.78. The van der Waals surface area contributed by atoms with Crippen LogP contribution in [0.3, 0.4) is 0 Å². The van der Waals surface area contributed by atoms with E-state index >= 15 is 0 Å². The number of nitrogens with one attached hydrogen (secondary N) is 1. The Bertz CT molecular complexity index is 982. The fourth-order valence-electron chi connectivity index (χ4n) is 3.85. The van der Waals surface area contributed by atoms with Gasteiger partial charge in [0.2, 0.25) is 5.91 Å². The lowest BCUT2D eigenvalue weighted by molar-refractivity contribution is -0.119. The van der Waals surface area contributed by atoms with Crippen molar-refractivity contribution in [2.75, 3.05) is 11.4 Å². The van der Waals surface area contributed by atoms with E-state index in [9.17, 15) is 4.79 Å². The van der Waals surface area contributed by atoms with Crippen molar-refractivity contribution in [1.29, 1.82) is 0 Å². The molecule has 2 aliphatic heterocycles. The summed E-state index contributed by atoms with van der Waals surface area (Å²) in [7, 11) is 0. The third kappa shape index (κ3) is 2.37. The first-order valence-electron chi connectivity index (χ1n) is 8.86. The van der Waals surface area contributed by atoms with Gasteiger partial charge < -0.3 is 9.88 Å². The van der Waals surface area contributed by atoms with Gasteiger partial charge in [-0.25, -0.2) is 0 Å². The van der Waals surface area contributed by atoms with Gasteiger partial charge in [-0.2, -0.15) is 0 Å². The number of piperidine rings is 1. The maximum Gasteiger partial charge on any atom is 0.226 e. The Kier molecular flexibility index (Phi) is 3.23. The third-order valence-electron chi connectivity index (χ3n) is 5.18. The van der Waals surface area contributed by atoms with Crippen LogP contribution in [0.2, 0.25) is 0 Å². The Morgan fingerprint density at radius 1 is 1.04 bits per heavy atom. The monoisotopic (exact) mass is 329 g/mol. The second kappa shape index (κ2) is 5.59. The first kappa shape index (κ1) is 14.5. The number of aromatic amines is 1. The van der Waals surface area contributed by atoms with Gasteiger partial charge in [-0.1, -0.05) is 24.3 Å². The fraction of sp³-hybridized carbons (Fsp3) is 0.238. The fourth-order valence-corrected chi connectivity index (χ4v) is 3.85. The molecular formula is C21H19N3O. The predicted octanol–water partition coefficient (Wildman–Crippen LogP) is 4.04. The molecule has 0 saturated carbocycles. The molecule has 1 amide bonds. The van der Waals surface area contributed by atoms with Crippen molar-refractivity contribution in [3.05, 3.63) is 65.4 Å². The standard InChI is InChI=1S/C21H19N3O/c25-20-7-3-4-10-24(20)16-9-8-15-13-22-21(17(15)12-16)19-11-14-5-1-2-6-18(14)23-19/h1-2,5-6,8-9,11-12,23H,3-4,7,10,13H2. The molecule has 0 atom stereocenters. The molecule has 0 spiro atoms.